The summed E-state index contributed by atoms with van der Waals surface area (Å²) in [6.45, 7) is 3.88. The number of aromatic nitrogens is 1. The molecule has 1 heterocycles. The van der Waals surface area contributed by atoms with Gasteiger partial charge in [-0.1, -0.05) is 30.3 Å². The monoisotopic (exact) mass is 353 g/mol. The van der Waals surface area contributed by atoms with Crippen molar-refractivity contribution in [1.29, 1.82) is 0 Å². The average molecular weight is 353 g/mol. The number of thiazole rings is 1. The van der Waals surface area contributed by atoms with E-state index in [1.807, 2.05) is 49.6 Å². The van der Waals surface area contributed by atoms with Gasteiger partial charge in [-0.15, -0.1) is 11.3 Å². The molecule has 0 saturated carbocycles. The van der Waals surface area contributed by atoms with Gasteiger partial charge in [0.1, 0.15) is 11.5 Å². The highest BCUT2D eigenvalue weighted by Gasteiger charge is 2.05. The quantitative estimate of drug-likeness (QED) is 0.496. The van der Waals surface area contributed by atoms with Crippen molar-refractivity contribution in [2.45, 2.75) is 20.0 Å². The van der Waals surface area contributed by atoms with Gasteiger partial charge >= 0.3 is 0 Å². The lowest BCUT2D eigenvalue weighted by Gasteiger charge is -2.10. The number of anilines is 1. The largest absolute Gasteiger partial charge is 0.507 e. The van der Waals surface area contributed by atoms with Crippen LogP contribution < -0.4 is 10.2 Å². The van der Waals surface area contributed by atoms with Crippen molar-refractivity contribution in [2.24, 2.45) is 5.10 Å². The van der Waals surface area contributed by atoms with Gasteiger partial charge in [0.05, 0.1) is 18.0 Å². The number of phenolic OH excluding ortho intramolecular Hbond substituents is 1. The Morgan fingerprint density at radius 1 is 1.20 bits per heavy atom. The van der Waals surface area contributed by atoms with Gasteiger partial charge in [-0.3, -0.25) is 5.43 Å². The van der Waals surface area contributed by atoms with E-state index in [0.717, 1.165) is 11.3 Å². The molecule has 0 atom stereocenters. The predicted octanol–water partition coefficient (Wildman–Crippen LogP) is 4.75. The second-order valence-electron chi connectivity index (χ2n) is 5.66. The molecule has 0 bridgehead atoms. The number of hydrogen-bond donors (Lipinski definition) is 2. The Morgan fingerprint density at radius 3 is 2.72 bits per heavy atom. The standard InChI is InChI=1S/C19H19N3O2S/c1-13(2)24-16-9-8-15(18(23)10-16)11-20-22-19-21-17(12-25-19)14-6-4-3-5-7-14/h3-13,23H,1-2H3,(H,21,22). The molecule has 0 fully saturated rings. The Morgan fingerprint density at radius 2 is 2.00 bits per heavy atom. The first-order valence-electron chi connectivity index (χ1n) is 7.91. The first-order chi connectivity index (χ1) is 12.1. The molecule has 0 spiro atoms. The Hall–Kier alpha value is -2.86. The second-order valence-corrected chi connectivity index (χ2v) is 6.52. The Labute approximate surface area is 150 Å². The molecule has 0 amide bonds. The minimum absolute atomic E-state index is 0.0595. The molecule has 0 saturated heterocycles. The van der Waals surface area contributed by atoms with E-state index in [0.29, 0.717) is 16.4 Å². The van der Waals surface area contributed by atoms with E-state index in [4.69, 9.17) is 4.74 Å². The summed E-state index contributed by atoms with van der Waals surface area (Å²) in [4.78, 5) is 4.49. The van der Waals surface area contributed by atoms with Crippen LogP contribution >= 0.6 is 11.3 Å². The number of nitrogens with zero attached hydrogens (tertiary/aromatic N) is 2. The number of phenols is 1. The number of ether oxygens (including phenoxy) is 1. The van der Waals surface area contributed by atoms with Crippen molar-refractivity contribution < 1.29 is 9.84 Å². The minimum atomic E-state index is 0.0595. The van der Waals surface area contributed by atoms with Crippen molar-refractivity contribution in [3.05, 3.63) is 59.5 Å². The van der Waals surface area contributed by atoms with Crippen LogP contribution in [0, 0.1) is 0 Å². The Kier molecular flexibility index (Phi) is 5.30. The molecule has 2 N–H and O–H groups in total. The van der Waals surface area contributed by atoms with Gasteiger partial charge in [0.2, 0.25) is 5.13 Å². The molecule has 3 aromatic rings. The summed E-state index contributed by atoms with van der Waals surface area (Å²) in [7, 11) is 0. The van der Waals surface area contributed by atoms with Gasteiger partial charge < -0.3 is 9.84 Å². The van der Waals surface area contributed by atoms with Gasteiger partial charge in [0.15, 0.2) is 0 Å². The van der Waals surface area contributed by atoms with Crippen LogP contribution in [0.5, 0.6) is 11.5 Å². The maximum Gasteiger partial charge on any atom is 0.203 e. The fraction of sp³-hybridized carbons (Fsp3) is 0.158. The summed E-state index contributed by atoms with van der Waals surface area (Å²) in [5.74, 6) is 0.748. The van der Waals surface area contributed by atoms with Crippen LogP contribution in [0.4, 0.5) is 5.13 Å². The van der Waals surface area contributed by atoms with Crippen molar-refractivity contribution in [2.75, 3.05) is 5.43 Å². The molecule has 0 aliphatic heterocycles. The summed E-state index contributed by atoms with van der Waals surface area (Å²) in [6.07, 6.45) is 1.61. The fourth-order valence-electron chi connectivity index (χ4n) is 2.20. The third-order valence-electron chi connectivity index (χ3n) is 3.31. The van der Waals surface area contributed by atoms with Crippen LogP contribution in [0.3, 0.4) is 0 Å². The van der Waals surface area contributed by atoms with Gasteiger partial charge in [0.25, 0.3) is 0 Å². The molecule has 5 nitrogen and oxygen atoms in total. The smallest absolute Gasteiger partial charge is 0.203 e. The number of nitrogens with one attached hydrogen (secondary N) is 1. The topological polar surface area (TPSA) is 66.7 Å². The van der Waals surface area contributed by atoms with Crippen molar-refractivity contribution in [3.8, 4) is 22.8 Å². The van der Waals surface area contributed by atoms with Crippen molar-refractivity contribution in [3.63, 3.8) is 0 Å². The summed E-state index contributed by atoms with van der Waals surface area (Å²) in [5, 5.41) is 16.8. The summed E-state index contributed by atoms with van der Waals surface area (Å²) >= 11 is 1.47. The molecule has 128 valence electrons. The highest BCUT2D eigenvalue weighted by Crippen LogP contribution is 2.25. The van der Waals surface area contributed by atoms with Gasteiger partial charge in [-0.05, 0) is 26.0 Å². The molecule has 6 heteroatoms. The molecule has 0 aliphatic carbocycles. The van der Waals surface area contributed by atoms with Crippen LogP contribution in [0.1, 0.15) is 19.4 Å². The summed E-state index contributed by atoms with van der Waals surface area (Å²) < 4.78 is 5.54. The molecule has 1 aromatic heterocycles. The first-order valence-corrected chi connectivity index (χ1v) is 8.79. The highest BCUT2D eigenvalue weighted by atomic mass is 32.1. The maximum absolute atomic E-state index is 10.0. The first kappa shape index (κ1) is 17.0. The zero-order valence-electron chi connectivity index (χ0n) is 14.0. The molecular formula is C19H19N3O2S. The molecule has 0 radical (unpaired) electrons. The molecule has 2 aromatic carbocycles. The van der Waals surface area contributed by atoms with E-state index >= 15 is 0 Å². The lowest BCUT2D eigenvalue weighted by Crippen LogP contribution is -2.05. The lowest BCUT2D eigenvalue weighted by molar-refractivity contribution is 0.241. The highest BCUT2D eigenvalue weighted by molar-refractivity contribution is 7.14. The SMILES string of the molecule is CC(C)Oc1ccc(C=NNc2nc(-c3ccccc3)cs2)c(O)c1. The van der Waals surface area contributed by atoms with E-state index in [2.05, 4.69) is 15.5 Å². The van der Waals surface area contributed by atoms with Gasteiger partial charge in [-0.2, -0.15) is 5.10 Å². The molecule has 25 heavy (non-hydrogen) atoms. The van der Waals surface area contributed by atoms with Crippen LogP contribution in [0.15, 0.2) is 59.0 Å². The number of hydrazone groups is 1. The van der Waals surface area contributed by atoms with Crippen LogP contribution in [-0.4, -0.2) is 22.4 Å². The van der Waals surface area contributed by atoms with E-state index in [-0.39, 0.29) is 11.9 Å². The number of benzene rings is 2. The normalized spacial score (nSPS) is 11.2. The molecule has 0 unspecified atom stereocenters. The zero-order chi connectivity index (χ0) is 17.6. The van der Waals surface area contributed by atoms with Crippen LogP contribution in [-0.2, 0) is 0 Å². The molecule has 3 rings (SSSR count). The van der Waals surface area contributed by atoms with Crippen LogP contribution in [0.2, 0.25) is 0 Å². The van der Waals surface area contributed by atoms with Crippen LogP contribution in [0.25, 0.3) is 11.3 Å². The molecular weight excluding hydrogens is 334 g/mol. The number of hydrogen-bond acceptors (Lipinski definition) is 6. The average Bonchev–Trinajstić information content (AvgIpc) is 3.06. The van der Waals surface area contributed by atoms with Gasteiger partial charge in [-0.25, -0.2) is 4.98 Å². The minimum Gasteiger partial charge on any atom is -0.507 e. The van der Waals surface area contributed by atoms with Crippen molar-refractivity contribution in [1.82, 2.24) is 4.98 Å². The second kappa shape index (κ2) is 7.81. The lowest BCUT2D eigenvalue weighted by atomic mass is 10.2. The third-order valence-corrected chi connectivity index (χ3v) is 4.06. The van der Waals surface area contributed by atoms with E-state index in [9.17, 15) is 5.11 Å². The Balaban J connectivity index is 1.65. The van der Waals surface area contributed by atoms with E-state index < -0.39 is 0 Å². The van der Waals surface area contributed by atoms with E-state index in [1.165, 1.54) is 11.3 Å². The maximum atomic E-state index is 10.0. The predicted molar refractivity (Wildman–Crippen MR) is 103 cm³/mol. The Bertz CT molecular complexity index is 860. The van der Waals surface area contributed by atoms with Crippen molar-refractivity contribution >= 4 is 22.7 Å². The van der Waals surface area contributed by atoms with E-state index in [1.54, 1.807) is 24.4 Å². The fourth-order valence-corrected chi connectivity index (χ4v) is 2.87. The zero-order valence-corrected chi connectivity index (χ0v) is 14.8. The summed E-state index contributed by atoms with van der Waals surface area (Å²) in [5.41, 5.74) is 5.46. The van der Waals surface area contributed by atoms with Gasteiger partial charge in [0, 0.05) is 22.6 Å². The summed E-state index contributed by atoms with van der Waals surface area (Å²) in [6, 6.07) is 15.1. The molecule has 0 aliphatic rings. The third kappa shape index (κ3) is 4.58. The number of aromatic hydroxyl groups is 1. The number of rotatable bonds is 6.